The molecule has 0 spiro atoms. The number of alkyl halides is 1. The second-order valence-electron chi connectivity index (χ2n) is 2.84. The van der Waals surface area contributed by atoms with Crippen LogP contribution in [0.1, 0.15) is 11.1 Å². The lowest BCUT2D eigenvalue weighted by Gasteiger charge is -2.07. The first-order valence-corrected chi connectivity index (χ1v) is 5.22. The Labute approximate surface area is 91.5 Å². The second kappa shape index (κ2) is 4.64. The Morgan fingerprint density at radius 2 is 2.31 bits per heavy atom. The van der Waals surface area contributed by atoms with Gasteiger partial charge in [-0.3, -0.25) is 0 Å². The van der Waals surface area contributed by atoms with Crippen molar-refractivity contribution in [3.05, 3.63) is 34.3 Å². The van der Waals surface area contributed by atoms with E-state index in [1.165, 1.54) is 0 Å². The van der Waals surface area contributed by atoms with Gasteiger partial charge in [0.15, 0.2) is 0 Å². The van der Waals surface area contributed by atoms with Gasteiger partial charge < -0.3 is 0 Å². The van der Waals surface area contributed by atoms with E-state index in [1.54, 1.807) is 0 Å². The third-order valence-electron chi connectivity index (χ3n) is 1.88. The molecule has 1 unspecified atom stereocenters. The number of rotatable bonds is 2. The predicted molar refractivity (Wildman–Crippen MR) is 58.2 cm³/mol. The fourth-order valence-electron chi connectivity index (χ4n) is 1.15. The zero-order valence-corrected chi connectivity index (χ0v) is 9.56. The van der Waals surface area contributed by atoms with Crippen molar-refractivity contribution in [2.24, 2.45) is 0 Å². The molecule has 0 amide bonds. The number of nitriles is 1. The lowest BCUT2D eigenvalue weighted by Crippen LogP contribution is -2.01. The predicted octanol–water partition coefficient (Wildman–Crippen LogP) is 3.48. The van der Waals surface area contributed by atoms with Crippen molar-refractivity contribution in [3.8, 4) is 6.07 Å². The molecule has 68 valence electrons. The molecule has 0 N–H and O–H groups in total. The molecule has 1 aromatic rings. The van der Waals surface area contributed by atoms with Crippen LogP contribution in [0.15, 0.2) is 18.2 Å². The summed E-state index contributed by atoms with van der Waals surface area (Å²) in [6.07, 6.45) is 0.655. The Morgan fingerprint density at radius 1 is 1.62 bits per heavy atom. The molecule has 0 aliphatic carbocycles. The molecule has 1 nitrogen and oxygen atoms in total. The zero-order valence-electron chi connectivity index (χ0n) is 7.22. The van der Waals surface area contributed by atoms with Gasteiger partial charge in [-0.05, 0) is 30.5 Å². The first-order chi connectivity index (χ1) is 6.15. The SMILES string of the molecule is Cc1cccc(Cl)c1CC(Br)C#N. The van der Waals surface area contributed by atoms with Crippen LogP contribution in [0, 0.1) is 18.3 Å². The summed E-state index contributed by atoms with van der Waals surface area (Å²) in [6.45, 7) is 2.00. The van der Waals surface area contributed by atoms with Gasteiger partial charge in [0, 0.05) is 5.02 Å². The van der Waals surface area contributed by atoms with E-state index in [4.69, 9.17) is 16.9 Å². The Hall–Kier alpha value is -0.520. The minimum atomic E-state index is -0.161. The van der Waals surface area contributed by atoms with Crippen LogP contribution in [0.2, 0.25) is 5.02 Å². The van der Waals surface area contributed by atoms with Crippen molar-refractivity contribution in [1.82, 2.24) is 0 Å². The quantitative estimate of drug-likeness (QED) is 0.745. The molecule has 1 aromatic carbocycles. The summed E-state index contributed by atoms with van der Waals surface area (Å²) in [5, 5.41) is 9.37. The fourth-order valence-corrected chi connectivity index (χ4v) is 1.77. The van der Waals surface area contributed by atoms with Gasteiger partial charge in [-0.2, -0.15) is 5.26 Å². The van der Waals surface area contributed by atoms with Crippen LogP contribution in [0.4, 0.5) is 0 Å². The Balaban J connectivity index is 2.95. The summed E-state index contributed by atoms with van der Waals surface area (Å²) >= 11 is 9.26. The van der Waals surface area contributed by atoms with E-state index in [-0.39, 0.29) is 4.83 Å². The molecule has 0 bridgehead atoms. The topological polar surface area (TPSA) is 23.8 Å². The second-order valence-corrected chi connectivity index (χ2v) is 4.35. The third kappa shape index (κ3) is 2.72. The summed E-state index contributed by atoms with van der Waals surface area (Å²) < 4.78 is 0. The Morgan fingerprint density at radius 3 is 2.85 bits per heavy atom. The summed E-state index contributed by atoms with van der Waals surface area (Å²) in [5.41, 5.74) is 2.18. The molecular weight excluding hydrogens is 249 g/mol. The molecular formula is C10H9BrClN. The van der Waals surface area contributed by atoms with E-state index in [0.29, 0.717) is 6.42 Å². The van der Waals surface area contributed by atoms with Crippen LogP contribution in [0.25, 0.3) is 0 Å². The average molecular weight is 259 g/mol. The molecule has 13 heavy (non-hydrogen) atoms. The zero-order chi connectivity index (χ0) is 9.84. The van der Waals surface area contributed by atoms with Gasteiger partial charge in [-0.15, -0.1) is 0 Å². The van der Waals surface area contributed by atoms with Gasteiger partial charge in [0.1, 0.15) is 4.83 Å². The highest BCUT2D eigenvalue weighted by Crippen LogP contribution is 2.22. The molecule has 1 atom stereocenters. The maximum absolute atomic E-state index is 8.64. The van der Waals surface area contributed by atoms with Gasteiger partial charge in [0.25, 0.3) is 0 Å². The normalized spacial score (nSPS) is 12.2. The first-order valence-electron chi connectivity index (χ1n) is 3.93. The molecule has 0 aromatic heterocycles. The van der Waals surface area contributed by atoms with Gasteiger partial charge in [0.05, 0.1) is 6.07 Å². The van der Waals surface area contributed by atoms with E-state index in [2.05, 4.69) is 22.0 Å². The Kier molecular flexibility index (Phi) is 3.77. The molecule has 0 fully saturated rings. The molecule has 0 radical (unpaired) electrons. The van der Waals surface area contributed by atoms with Crippen molar-refractivity contribution in [2.45, 2.75) is 18.2 Å². The highest BCUT2D eigenvalue weighted by atomic mass is 79.9. The maximum Gasteiger partial charge on any atom is 0.105 e. The van der Waals surface area contributed by atoms with Crippen LogP contribution in [0.3, 0.4) is 0 Å². The minimum Gasteiger partial charge on any atom is -0.197 e. The minimum absolute atomic E-state index is 0.161. The number of halogens is 2. The lowest BCUT2D eigenvalue weighted by atomic mass is 10.0. The highest BCUT2D eigenvalue weighted by molar-refractivity contribution is 9.09. The van der Waals surface area contributed by atoms with Gasteiger partial charge in [-0.1, -0.05) is 39.7 Å². The summed E-state index contributed by atoms with van der Waals surface area (Å²) in [6, 6.07) is 7.89. The van der Waals surface area contributed by atoms with E-state index in [0.717, 1.165) is 16.1 Å². The smallest absolute Gasteiger partial charge is 0.105 e. The van der Waals surface area contributed by atoms with Crippen molar-refractivity contribution in [1.29, 1.82) is 5.26 Å². The number of benzene rings is 1. The fraction of sp³-hybridized carbons (Fsp3) is 0.300. The van der Waals surface area contributed by atoms with Crippen molar-refractivity contribution in [2.75, 3.05) is 0 Å². The van der Waals surface area contributed by atoms with E-state index in [1.807, 2.05) is 25.1 Å². The van der Waals surface area contributed by atoms with Crippen LogP contribution in [-0.2, 0) is 6.42 Å². The molecule has 0 aliphatic rings. The van der Waals surface area contributed by atoms with Crippen LogP contribution >= 0.6 is 27.5 Å². The summed E-state index contributed by atoms with van der Waals surface area (Å²) in [4.78, 5) is -0.161. The standard InChI is InChI=1S/C10H9BrClN/c1-7-3-2-4-10(12)9(7)5-8(11)6-13/h2-4,8H,5H2,1H3. The molecule has 1 rings (SSSR count). The average Bonchev–Trinajstić information content (AvgIpc) is 2.11. The van der Waals surface area contributed by atoms with Crippen LogP contribution in [0.5, 0.6) is 0 Å². The van der Waals surface area contributed by atoms with Gasteiger partial charge in [-0.25, -0.2) is 0 Å². The van der Waals surface area contributed by atoms with Crippen LogP contribution < -0.4 is 0 Å². The van der Waals surface area contributed by atoms with E-state index >= 15 is 0 Å². The molecule has 0 saturated heterocycles. The number of nitrogens with zero attached hydrogens (tertiary/aromatic N) is 1. The van der Waals surface area contributed by atoms with Crippen molar-refractivity contribution >= 4 is 27.5 Å². The van der Waals surface area contributed by atoms with Crippen molar-refractivity contribution < 1.29 is 0 Å². The van der Waals surface area contributed by atoms with Crippen molar-refractivity contribution in [3.63, 3.8) is 0 Å². The Bertz CT molecular complexity index is 323. The maximum atomic E-state index is 8.64. The largest absolute Gasteiger partial charge is 0.197 e. The molecule has 0 aliphatic heterocycles. The summed E-state index contributed by atoms with van der Waals surface area (Å²) in [5.74, 6) is 0. The third-order valence-corrected chi connectivity index (χ3v) is 2.76. The number of aryl methyl sites for hydroxylation is 1. The van der Waals surface area contributed by atoms with E-state index in [9.17, 15) is 0 Å². The highest BCUT2D eigenvalue weighted by Gasteiger charge is 2.08. The van der Waals surface area contributed by atoms with E-state index < -0.39 is 0 Å². The molecule has 3 heteroatoms. The van der Waals surface area contributed by atoms with Gasteiger partial charge >= 0.3 is 0 Å². The number of hydrogen-bond acceptors (Lipinski definition) is 1. The summed E-state index contributed by atoms with van der Waals surface area (Å²) in [7, 11) is 0. The first kappa shape index (κ1) is 10.6. The molecule has 0 heterocycles. The lowest BCUT2D eigenvalue weighted by molar-refractivity contribution is 1.03. The molecule has 0 saturated carbocycles. The van der Waals surface area contributed by atoms with Crippen LogP contribution in [-0.4, -0.2) is 4.83 Å². The number of hydrogen-bond donors (Lipinski definition) is 0. The van der Waals surface area contributed by atoms with Gasteiger partial charge in [0.2, 0.25) is 0 Å². The monoisotopic (exact) mass is 257 g/mol.